The minimum Gasteiger partial charge on any atom is -0.494 e. The van der Waals surface area contributed by atoms with Crippen molar-refractivity contribution in [2.45, 2.75) is 57.0 Å². The fourth-order valence-electron chi connectivity index (χ4n) is 4.77. The quantitative estimate of drug-likeness (QED) is 0.463. The molecule has 3 heterocycles. The third-order valence-electron chi connectivity index (χ3n) is 6.90. The van der Waals surface area contributed by atoms with Crippen molar-refractivity contribution in [3.05, 3.63) is 41.4 Å². The summed E-state index contributed by atoms with van der Waals surface area (Å²) in [4.78, 5) is 35.1. The van der Waals surface area contributed by atoms with Gasteiger partial charge in [0, 0.05) is 42.9 Å². The Morgan fingerprint density at radius 2 is 1.87 bits per heavy atom. The average Bonchev–Trinajstić information content (AvgIpc) is 3.56. The molecule has 2 amide bonds. The highest BCUT2D eigenvalue weighted by Crippen LogP contribution is 2.37. The van der Waals surface area contributed by atoms with Gasteiger partial charge in [0.1, 0.15) is 23.1 Å². The van der Waals surface area contributed by atoms with E-state index in [4.69, 9.17) is 19.6 Å². The Morgan fingerprint density at radius 3 is 2.51 bits per heavy atom. The Balaban J connectivity index is 1.35. The molecule has 0 radical (unpaired) electrons. The van der Waals surface area contributed by atoms with Crippen molar-refractivity contribution in [1.82, 2.24) is 20.2 Å². The molecule has 1 aliphatic carbocycles. The highest BCUT2D eigenvalue weighted by Gasteiger charge is 2.37. The Labute approximate surface area is 221 Å². The molecule has 1 saturated carbocycles. The van der Waals surface area contributed by atoms with Crippen LogP contribution in [0.1, 0.15) is 60.6 Å². The first-order chi connectivity index (χ1) is 18.5. The molecule has 0 spiro atoms. The Hall–Kier alpha value is -3.87. The predicted octanol–water partition coefficient (Wildman–Crippen LogP) is 4.43. The van der Waals surface area contributed by atoms with Crippen LogP contribution >= 0.6 is 0 Å². The zero-order valence-corrected chi connectivity index (χ0v) is 21.4. The molecule has 2 aromatic heterocycles. The van der Waals surface area contributed by atoms with Crippen LogP contribution in [0.5, 0.6) is 5.75 Å². The number of hydrogen-bond acceptors (Lipinski definition) is 8. The van der Waals surface area contributed by atoms with Crippen molar-refractivity contribution in [2.75, 3.05) is 20.2 Å². The number of benzene rings is 1. The normalized spacial score (nSPS) is 20.0. The molecular formula is C26H28F3N5O5. The molecule has 2 aliphatic rings. The van der Waals surface area contributed by atoms with Crippen LogP contribution in [0.3, 0.4) is 0 Å². The van der Waals surface area contributed by atoms with Crippen molar-refractivity contribution in [3.63, 3.8) is 0 Å². The number of alkyl halides is 3. The third-order valence-corrected chi connectivity index (χ3v) is 6.90. The van der Waals surface area contributed by atoms with E-state index in [1.807, 2.05) is 0 Å². The highest BCUT2D eigenvalue weighted by molar-refractivity contribution is 5.98. The van der Waals surface area contributed by atoms with E-state index in [0.717, 1.165) is 18.9 Å². The summed E-state index contributed by atoms with van der Waals surface area (Å²) >= 11 is 0. The van der Waals surface area contributed by atoms with Gasteiger partial charge in [-0.25, -0.2) is 14.8 Å². The first kappa shape index (κ1) is 26.7. The number of amides is 2. The molecule has 5 rings (SSSR count). The molecule has 208 valence electrons. The second kappa shape index (κ2) is 10.4. The van der Waals surface area contributed by atoms with E-state index < -0.39 is 23.8 Å². The summed E-state index contributed by atoms with van der Waals surface area (Å²) < 4.78 is 56.4. The number of rotatable bonds is 6. The van der Waals surface area contributed by atoms with Crippen LogP contribution in [0.4, 0.5) is 18.0 Å². The number of nitrogens with zero attached hydrogens (tertiary/aromatic N) is 3. The average molecular weight is 548 g/mol. The van der Waals surface area contributed by atoms with Crippen LogP contribution in [-0.4, -0.2) is 59.2 Å². The van der Waals surface area contributed by atoms with E-state index in [9.17, 15) is 22.8 Å². The molecule has 1 saturated heterocycles. The van der Waals surface area contributed by atoms with Gasteiger partial charge in [0.15, 0.2) is 11.5 Å². The Kier molecular flexibility index (Phi) is 7.10. The van der Waals surface area contributed by atoms with Gasteiger partial charge in [-0.2, -0.15) is 13.2 Å². The monoisotopic (exact) mass is 547 g/mol. The minimum absolute atomic E-state index is 0.00712. The highest BCUT2D eigenvalue weighted by atomic mass is 19.4. The number of aromatic nitrogens is 2. The van der Waals surface area contributed by atoms with Crippen molar-refractivity contribution in [3.8, 4) is 17.2 Å². The molecular weight excluding hydrogens is 519 g/mol. The maximum atomic E-state index is 13.3. The number of oxazole rings is 1. The van der Waals surface area contributed by atoms with Gasteiger partial charge >= 0.3 is 12.3 Å². The number of carbonyl (C=O) groups is 2. The van der Waals surface area contributed by atoms with Gasteiger partial charge < -0.3 is 29.8 Å². The van der Waals surface area contributed by atoms with Crippen molar-refractivity contribution < 1.29 is 36.7 Å². The smallest absolute Gasteiger partial charge is 0.433 e. The summed E-state index contributed by atoms with van der Waals surface area (Å²) in [5, 5.41) is 3.17. The molecule has 0 unspecified atom stereocenters. The largest absolute Gasteiger partial charge is 0.494 e. The summed E-state index contributed by atoms with van der Waals surface area (Å²) in [6.07, 6.45) is -2.36. The van der Waals surface area contributed by atoms with E-state index in [1.54, 1.807) is 17.9 Å². The Bertz CT molecular complexity index is 1390. The molecule has 10 nitrogen and oxygen atoms in total. The molecule has 3 N–H and O–H groups in total. The zero-order valence-electron chi connectivity index (χ0n) is 21.4. The first-order valence-corrected chi connectivity index (χ1v) is 12.6. The number of hydrogen-bond donors (Lipinski definition) is 2. The fourth-order valence-corrected chi connectivity index (χ4v) is 4.77. The second-order valence-electron chi connectivity index (χ2n) is 9.77. The lowest BCUT2D eigenvalue weighted by Gasteiger charge is -2.35. The number of fused-ring (bicyclic) bond motifs is 1. The fraction of sp³-hybridized carbons (Fsp3) is 0.462. The number of nitrogens with two attached hydrogens (primary N) is 1. The molecule has 1 aromatic carbocycles. The van der Waals surface area contributed by atoms with Gasteiger partial charge in [0.2, 0.25) is 5.89 Å². The van der Waals surface area contributed by atoms with Gasteiger partial charge in [0.25, 0.3) is 5.91 Å². The van der Waals surface area contributed by atoms with Gasteiger partial charge in [-0.3, -0.25) is 4.79 Å². The molecule has 3 aromatic rings. The van der Waals surface area contributed by atoms with Crippen molar-refractivity contribution in [2.24, 2.45) is 5.73 Å². The number of nitrogens with one attached hydrogen (secondary N) is 1. The number of halogens is 3. The van der Waals surface area contributed by atoms with Gasteiger partial charge in [-0.05, 0) is 44.0 Å². The standard InChI is InChI=1S/C26H28F3N5O5/c1-13(30)22-21(23(35)31-14-11-15(12-14)38-25(36)34-9-3-4-10-34)33-24(39-22)17-5-7-18(37-2)20-16(17)6-8-19(32-20)26(27,28)29/h5-8,13-15H,3-4,9-12,30H2,1-2H3,(H,31,35)/t13-,14-,15+/m0/s1. The number of carbonyl (C=O) groups excluding carboxylic acids is 2. The number of ether oxygens (including phenoxy) is 2. The molecule has 2 fully saturated rings. The van der Waals surface area contributed by atoms with E-state index in [0.29, 0.717) is 36.9 Å². The molecule has 0 bridgehead atoms. The number of methoxy groups -OCH3 is 1. The van der Waals surface area contributed by atoms with Crippen LogP contribution in [0.2, 0.25) is 0 Å². The Morgan fingerprint density at radius 1 is 1.15 bits per heavy atom. The second-order valence-corrected chi connectivity index (χ2v) is 9.77. The molecule has 1 aliphatic heterocycles. The lowest BCUT2D eigenvalue weighted by molar-refractivity contribution is -0.140. The molecule has 1 atom stereocenters. The predicted molar refractivity (Wildman–Crippen MR) is 133 cm³/mol. The van der Waals surface area contributed by atoms with Crippen LogP contribution in [0.25, 0.3) is 22.4 Å². The first-order valence-electron chi connectivity index (χ1n) is 12.6. The maximum absolute atomic E-state index is 13.3. The van der Waals surface area contributed by atoms with E-state index in [1.165, 1.54) is 19.2 Å². The summed E-state index contributed by atoms with van der Waals surface area (Å²) in [5.74, 6) is -0.237. The van der Waals surface area contributed by atoms with Gasteiger partial charge in [0.05, 0.1) is 13.2 Å². The van der Waals surface area contributed by atoms with Gasteiger partial charge in [-0.1, -0.05) is 0 Å². The van der Waals surface area contributed by atoms with E-state index in [2.05, 4.69) is 15.3 Å². The lowest BCUT2D eigenvalue weighted by Crippen LogP contribution is -2.49. The summed E-state index contributed by atoms with van der Waals surface area (Å²) in [6.45, 7) is 3.02. The zero-order chi connectivity index (χ0) is 27.9. The topological polar surface area (TPSA) is 133 Å². The lowest BCUT2D eigenvalue weighted by atomic mass is 9.89. The summed E-state index contributed by atoms with van der Waals surface area (Å²) in [5.41, 5.74) is 5.25. The van der Waals surface area contributed by atoms with Crippen molar-refractivity contribution >= 4 is 22.9 Å². The van der Waals surface area contributed by atoms with Crippen LogP contribution in [0, 0.1) is 0 Å². The molecule has 13 heteroatoms. The van der Waals surface area contributed by atoms with Crippen LogP contribution in [0.15, 0.2) is 28.7 Å². The van der Waals surface area contributed by atoms with Crippen LogP contribution in [-0.2, 0) is 10.9 Å². The molecule has 39 heavy (non-hydrogen) atoms. The SMILES string of the molecule is COc1ccc(-c2nc(C(=O)N[C@H]3C[C@@H](OC(=O)N4CCCC4)C3)c([C@H](C)N)o2)c2ccc(C(F)(F)F)nc12. The summed E-state index contributed by atoms with van der Waals surface area (Å²) in [7, 11) is 1.33. The van der Waals surface area contributed by atoms with Crippen LogP contribution < -0.4 is 15.8 Å². The minimum atomic E-state index is -4.64. The maximum Gasteiger partial charge on any atom is 0.433 e. The van der Waals surface area contributed by atoms with E-state index in [-0.39, 0.29) is 46.9 Å². The van der Waals surface area contributed by atoms with E-state index >= 15 is 0 Å². The number of pyridine rings is 1. The number of likely N-dealkylation sites (tertiary alicyclic amines) is 1. The summed E-state index contributed by atoms with van der Waals surface area (Å²) in [6, 6.07) is 4.23. The third kappa shape index (κ3) is 5.35. The van der Waals surface area contributed by atoms with Gasteiger partial charge in [-0.15, -0.1) is 0 Å². The van der Waals surface area contributed by atoms with Crippen molar-refractivity contribution in [1.29, 1.82) is 0 Å².